The zero-order chi connectivity index (χ0) is 15.5. The molecular weight excluding hydrogens is 285 g/mol. The lowest BCUT2D eigenvalue weighted by atomic mass is 9.86. The smallest absolute Gasteiger partial charge is 0.306 e. The number of nitrogens with one attached hydrogen (secondary N) is 1. The number of nitrogens with zero attached hydrogens (tertiary/aromatic N) is 2. The number of halogens is 1. The summed E-state index contributed by atoms with van der Waals surface area (Å²) in [5.74, 6) is -1.27. The standard InChI is InChI=1S/C16H18FN3O2/c17-14-9-13(5-6-15(14)20-8-7-18-10-20)19-12-3-1-11(2-4-12)16(21)22/h5-12,19H,1-4H2,(H,21,22). The molecule has 3 rings (SSSR count). The van der Waals surface area contributed by atoms with Crippen LogP contribution in [0.15, 0.2) is 36.9 Å². The second-order valence-corrected chi connectivity index (χ2v) is 5.67. The number of hydrogen-bond donors (Lipinski definition) is 2. The first-order valence-electron chi connectivity index (χ1n) is 7.40. The highest BCUT2D eigenvalue weighted by atomic mass is 19.1. The maximum atomic E-state index is 14.2. The number of hydrogen-bond acceptors (Lipinski definition) is 3. The van der Waals surface area contributed by atoms with Gasteiger partial charge in [-0.25, -0.2) is 9.37 Å². The molecule has 0 radical (unpaired) electrons. The lowest BCUT2D eigenvalue weighted by molar-refractivity contribution is -0.142. The fourth-order valence-electron chi connectivity index (χ4n) is 2.93. The van der Waals surface area contributed by atoms with Gasteiger partial charge in [0.1, 0.15) is 5.82 Å². The molecule has 0 amide bonds. The summed E-state index contributed by atoms with van der Waals surface area (Å²) in [5, 5.41) is 12.3. The number of carboxylic acid groups (broad SMARTS) is 1. The van der Waals surface area contributed by atoms with Gasteiger partial charge < -0.3 is 15.0 Å². The second kappa shape index (κ2) is 6.17. The Morgan fingerprint density at radius 2 is 2.09 bits per heavy atom. The molecule has 22 heavy (non-hydrogen) atoms. The molecule has 0 saturated heterocycles. The van der Waals surface area contributed by atoms with Crippen LogP contribution in [0.3, 0.4) is 0 Å². The van der Waals surface area contributed by atoms with Crippen LogP contribution in [0.2, 0.25) is 0 Å². The third kappa shape index (κ3) is 3.10. The van der Waals surface area contributed by atoms with E-state index < -0.39 is 5.97 Å². The number of imidazole rings is 1. The highest BCUT2D eigenvalue weighted by molar-refractivity contribution is 5.70. The van der Waals surface area contributed by atoms with E-state index in [1.54, 1.807) is 29.4 Å². The molecule has 1 aliphatic carbocycles. The van der Waals surface area contributed by atoms with Crippen molar-refractivity contribution in [2.75, 3.05) is 5.32 Å². The second-order valence-electron chi connectivity index (χ2n) is 5.67. The van der Waals surface area contributed by atoms with Gasteiger partial charge in [-0.2, -0.15) is 0 Å². The number of aliphatic carboxylic acids is 1. The Balaban J connectivity index is 1.64. The first-order valence-corrected chi connectivity index (χ1v) is 7.40. The summed E-state index contributed by atoms with van der Waals surface area (Å²) >= 11 is 0. The zero-order valence-corrected chi connectivity index (χ0v) is 12.1. The van der Waals surface area contributed by atoms with Crippen molar-refractivity contribution in [1.82, 2.24) is 9.55 Å². The van der Waals surface area contributed by atoms with E-state index in [0.717, 1.165) is 18.5 Å². The van der Waals surface area contributed by atoms with Crippen molar-refractivity contribution in [2.45, 2.75) is 31.7 Å². The maximum absolute atomic E-state index is 14.2. The van der Waals surface area contributed by atoms with Crippen molar-refractivity contribution in [2.24, 2.45) is 5.92 Å². The molecule has 6 heteroatoms. The van der Waals surface area contributed by atoms with Crippen LogP contribution in [0, 0.1) is 11.7 Å². The summed E-state index contributed by atoms with van der Waals surface area (Å²) in [6.07, 6.45) is 7.78. The fourth-order valence-corrected chi connectivity index (χ4v) is 2.93. The molecule has 116 valence electrons. The molecule has 0 aliphatic heterocycles. The average Bonchev–Trinajstić information content (AvgIpc) is 3.02. The molecule has 1 fully saturated rings. The topological polar surface area (TPSA) is 67.2 Å². The third-order valence-electron chi connectivity index (χ3n) is 4.18. The van der Waals surface area contributed by atoms with Gasteiger partial charge in [0.2, 0.25) is 0 Å². The molecule has 1 aromatic carbocycles. The number of rotatable bonds is 4. The van der Waals surface area contributed by atoms with E-state index in [2.05, 4.69) is 10.3 Å². The lowest BCUT2D eigenvalue weighted by Gasteiger charge is -2.27. The Labute approximate surface area is 127 Å². The van der Waals surface area contributed by atoms with E-state index in [1.165, 1.54) is 6.07 Å². The molecule has 2 N–H and O–H groups in total. The summed E-state index contributed by atoms with van der Waals surface area (Å²) in [6.45, 7) is 0. The van der Waals surface area contributed by atoms with Crippen LogP contribution in [0.25, 0.3) is 5.69 Å². The van der Waals surface area contributed by atoms with E-state index in [-0.39, 0.29) is 17.8 Å². The van der Waals surface area contributed by atoms with Crippen LogP contribution in [0.5, 0.6) is 0 Å². The highest BCUT2D eigenvalue weighted by Crippen LogP contribution is 2.27. The first kappa shape index (κ1) is 14.6. The fraction of sp³-hybridized carbons (Fsp3) is 0.375. The Bertz CT molecular complexity index is 649. The summed E-state index contributed by atoms with van der Waals surface area (Å²) in [7, 11) is 0. The van der Waals surface area contributed by atoms with Gasteiger partial charge in [-0.05, 0) is 43.9 Å². The molecule has 1 aliphatic rings. The van der Waals surface area contributed by atoms with Crippen LogP contribution in [-0.4, -0.2) is 26.7 Å². The zero-order valence-electron chi connectivity index (χ0n) is 12.1. The van der Waals surface area contributed by atoms with Gasteiger partial charge in [-0.1, -0.05) is 0 Å². The largest absolute Gasteiger partial charge is 0.481 e. The van der Waals surface area contributed by atoms with Gasteiger partial charge in [0, 0.05) is 24.1 Å². The van der Waals surface area contributed by atoms with Crippen molar-refractivity contribution in [1.29, 1.82) is 0 Å². The van der Waals surface area contributed by atoms with Crippen LogP contribution >= 0.6 is 0 Å². The predicted octanol–water partition coefficient (Wildman–Crippen LogP) is 3.07. The summed E-state index contributed by atoms with van der Waals surface area (Å²) < 4.78 is 15.8. The summed E-state index contributed by atoms with van der Waals surface area (Å²) in [5.41, 5.74) is 1.18. The number of anilines is 1. The van der Waals surface area contributed by atoms with Crippen molar-refractivity contribution in [3.63, 3.8) is 0 Å². The minimum Gasteiger partial charge on any atom is -0.481 e. The van der Waals surface area contributed by atoms with Gasteiger partial charge in [-0.3, -0.25) is 4.79 Å². The first-order chi connectivity index (χ1) is 10.6. The average molecular weight is 303 g/mol. The van der Waals surface area contributed by atoms with E-state index in [9.17, 15) is 9.18 Å². The van der Waals surface area contributed by atoms with E-state index >= 15 is 0 Å². The summed E-state index contributed by atoms with van der Waals surface area (Å²) in [6, 6.07) is 5.22. The summed E-state index contributed by atoms with van der Waals surface area (Å²) in [4.78, 5) is 14.8. The molecule has 1 heterocycles. The highest BCUT2D eigenvalue weighted by Gasteiger charge is 2.25. The molecule has 0 bridgehead atoms. The van der Waals surface area contributed by atoms with Gasteiger partial charge in [-0.15, -0.1) is 0 Å². The molecule has 0 unspecified atom stereocenters. The Hall–Kier alpha value is -2.37. The normalized spacial score (nSPS) is 21.5. The quantitative estimate of drug-likeness (QED) is 0.911. The van der Waals surface area contributed by atoms with Crippen LogP contribution in [0.4, 0.5) is 10.1 Å². The maximum Gasteiger partial charge on any atom is 0.306 e. The van der Waals surface area contributed by atoms with Gasteiger partial charge >= 0.3 is 5.97 Å². The van der Waals surface area contributed by atoms with E-state index in [0.29, 0.717) is 18.5 Å². The molecule has 0 atom stereocenters. The number of aromatic nitrogens is 2. The minimum absolute atomic E-state index is 0.203. The van der Waals surface area contributed by atoms with Gasteiger partial charge in [0.15, 0.2) is 0 Å². The Morgan fingerprint density at radius 3 is 2.68 bits per heavy atom. The molecule has 5 nitrogen and oxygen atoms in total. The molecule has 0 spiro atoms. The number of benzene rings is 1. The number of carboxylic acids is 1. The van der Waals surface area contributed by atoms with Crippen LogP contribution in [-0.2, 0) is 4.79 Å². The minimum atomic E-state index is -0.714. The third-order valence-corrected chi connectivity index (χ3v) is 4.18. The van der Waals surface area contributed by atoms with Gasteiger partial charge in [0.05, 0.1) is 17.9 Å². The van der Waals surface area contributed by atoms with Crippen molar-refractivity contribution in [3.05, 3.63) is 42.7 Å². The molecule has 2 aromatic rings. The van der Waals surface area contributed by atoms with Crippen LogP contribution in [0.1, 0.15) is 25.7 Å². The predicted molar refractivity (Wildman–Crippen MR) is 80.5 cm³/mol. The van der Waals surface area contributed by atoms with Crippen molar-refractivity contribution in [3.8, 4) is 5.69 Å². The van der Waals surface area contributed by atoms with Gasteiger partial charge in [0.25, 0.3) is 0 Å². The Kier molecular flexibility index (Phi) is 4.09. The molecular formula is C16H18FN3O2. The number of carbonyl (C=O) groups is 1. The molecule has 1 aromatic heterocycles. The van der Waals surface area contributed by atoms with Crippen LogP contribution < -0.4 is 5.32 Å². The Morgan fingerprint density at radius 1 is 1.32 bits per heavy atom. The van der Waals surface area contributed by atoms with E-state index in [1.807, 2.05) is 6.07 Å². The lowest BCUT2D eigenvalue weighted by Crippen LogP contribution is -2.29. The SMILES string of the molecule is O=C(O)C1CCC(Nc2ccc(-n3ccnc3)c(F)c2)CC1. The van der Waals surface area contributed by atoms with Crippen molar-refractivity contribution < 1.29 is 14.3 Å². The van der Waals surface area contributed by atoms with E-state index in [4.69, 9.17) is 5.11 Å². The van der Waals surface area contributed by atoms with Crippen molar-refractivity contribution >= 4 is 11.7 Å². The molecule has 1 saturated carbocycles. The monoisotopic (exact) mass is 303 g/mol.